The van der Waals surface area contributed by atoms with Gasteiger partial charge in [0.1, 0.15) is 11.3 Å². The van der Waals surface area contributed by atoms with Crippen molar-refractivity contribution in [3.63, 3.8) is 0 Å². The summed E-state index contributed by atoms with van der Waals surface area (Å²) >= 11 is 6.24. The second-order valence-corrected chi connectivity index (χ2v) is 7.33. The van der Waals surface area contributed by atoms with Crippen LogP contribution in [0.5, 0.6) is 5.75 Å². The molecule has 0 aliphatic carbocycles. The molecule has 1 unspecified atom stereocenters. The second-order valence-electron chi connectivity index (χ2n) is 6.93. The van der Waals surface area contributed by atoms with Crippen LogP contribution in [0.25, 0.3) is 11.0 Å². The molecule has 1 aromatic heterocycles. The zero-order chi connectivity index (χ0) is 20.7. The van der Waals surface area contributed by atoms with Crippen LogP contribution in [0.1, 0.15) is 40.2 Å². The van der Waals surface area contributed by atoms with E-state index < -0.39 is 6.04 Å². The fourth-order valence-corrected chi connectivity index (χ4v) is 3.92. The Morgan fingerprint density at radius 3 is 2.79 bits per heavy atom. The first-order valence-corrected chi connectivity index (χ1v) is 9.75. The molecule has 3 aromatic rings. The van der Waals surface area contributed by atoms with E-state index in [1.54, 1.807) is 23.1 Å². The largest absolute Gasteiger partial charge is 0.494 e. The average Bonchev–Trinajstić information content (AvgIpc) is 2.97. The number of benzene rings is 2. The maximum absolute atomic E-state index is 13.4. The molecule has 1 atom stereocenters. The van der Waals surface area contributed by atoms with Crippen molar-refractivity contribution >= 4 is 28.5 Å². The van der Waals surface area contributed by atoms with Gasteiger partial charge in [0.25, 0.3) is 5.91 Å². The lowest BCUT2D eigenvalue weighted by molar-refractivity contribution is 0.0748. The molecular weight excluding hydrogens is 390 g/mol. The smallest absolute Gasteiger partial charge is 0.291 e. The second kappa shape index (κ2) is 7.41. The van der Waals surface area contributed by atoms with Crippen molar-refractivity contribution in [3.05, 3.63) is 86.7 Å². The Morgan fingerprint density at radius 1 is 1.28 bits per heavy atom. The highest BCUT2D eigenvalue weighted by Gasteiger charge is 2.42. The van der Waals surface area contributed by atoms with Crippen molar-refractivity contribution in [1.29, 1.82) is 0 Å². The summed E-state index contributed by atoms with van der Waals surface area (Å²) in [4.78, 5) is 28.1. The molecule has 0 saturated carbocycles. The minimum absolute atomic E-state index is 0.0675. The first kappa shape index (κ1) is 19.3. The molecule has 0 N–H and O–H groups in total. The van der Waals surface area contributed by atoms with Crippen LogP contribution in [0.15, 0.2) is 58.3 Å². The van der Waals surface area contributed by atoms with Crippen LogP contribution in [-0.2, 0) is 0 Å². The lowest BCUT2D eigenvalue weighted by Gasteiger charge is -2.24. The quantitative estimate of drug-likeness (QED) is 0.563. The van der Waals surface area contributed by atoms with Crippen LogP contribution < -0.4 is 10.2 Å². The molecular formula is C23H20ClNO4. The molecule has 148 valence electrons. The predicted molar refractivity (Wildman–Crippen MR) is 113 cm³/mol. The van der Waals surface area contributed by atoms with Gasteiger partial charge in [0.05, 0.1) is 23.6 Å². The molecule has 5 nitrogen and oxygen atoms in total. The maximum Gasteiger partial charge on any atom is 0.291 e. The van der Waals surface area contributed by atoms with Gasteiger partial charge in [-0.3, -0.25) is 9.59 Å². The minimum Gasteiger partial charge on any atom is -0.494 e. The molecule has 0 radical (unpaired) electrons. The van der Waals surface area contributed by atoms with Crippen molar-refractivity contribution in [3.8, 4) is 5.75 Å². The Bertz CT molecular complexity index is 1200. The molecule has 29 heavy (non-hydrogen) atoms. The van der Waals surface area contributed by atoms with E-state index in [0.29, 0.717) is 33.9 Å². The molecule has 4 rings (SSSR count). The van der Waals surface area contributed by atoms with Crippen LogP contribution in [-0.4, -0.2) is 24.0 Å². The van der Waals surface area contributed by atoms with Gasteiger partial charge in [0.15, 0.2) is 5.43 Å². The Balaban J connectivity index is 1.99. The van der Waals surface area contributed by atoms with Crippen molar-refractivity contribution in [2.75, 3.05) is 13.2 Å². The van der Waals surface area contributed by atoms with Crippen LogP contribution >= 0.6 is 11.6 Å². The molecule has 2 aromatic carbocycles. The third-order valence-electron chi connectivity index (χ3n) is 5.06. The number of carbonyl (C=O) groups is 1. The third-order valence-corrected chi connectivity index (χ3v) is 5.46. The highest BCUT2D eigenvalue weighted by molar-refractivity contribution is 6.32. The number of nitrogens with zero attached hydrogens (tertiary/aromatic N) is 1. The molecule has 6 heteroatoms. The van der Waals surface area contributed by atoms with E-state index in [9.17, 15) is 9.59 Å². The van der Waals surface area contributed by atoms with Gasteiger partial charge in [-0.15, -0.1) is 6.58 Å². The van der Waals surface area contributed by atoms with Gasteiger partial charge >= 0.3 is 0 Å². The van der Waals surface area contributed by atoms with Crippen molar-refractivity contribution in [1.82, 2.24) is 4.90 Å². The third kappa shape index (κ3) is 3.12. The van der Waals surface area contributed by atoms with Gasteiger partial charge in [-0.05, 0) is 49.2 Å². The summed E-state index contributed by atoms with van der Waals surface area (Å²) < 4.78 is 11.5. The summed E-state index contributed by atoms with van der Waals surface area (Å²) in [5.74, 6) is 0.407. The van der Waals surface area contributed by atoms with E-state index in [4.69, 9.17) is 20.8 Å². The average molecular weight is 410 g/mol. The van der Waals surface area contributed by atoms with E-state index in [1.807, 2.05) is 38.1 Å². The van der Waals surface area contributed by atoms with E-state index in [1.165, 1.54) is 0 Å². The Labute approximate surface area is 173 Å². The number of aryl methyl sites for hydroxylation is 1. The highest BCUT2D eigenvalue weighted by atomic mass is 35.5. The van der Waals surface area contributed by atoms with Crippen LogP contribution in [0.3, 0.4) is 0 Å². The van der Waals surface area contributed by atoms with Crippen molar-refractivity contribution in [2.24, 2.45) is 0 Å². The fourth-order valence-electron chi connectivity index (χ4n) is 3.76. The Morgan fingerprint density at radius 2 is 2.07 bits per heavy atom. The molecule has 1 amide bonds. The van der Waals surface area contributed by atoms with Gasteiger partial charge in [-0.1, -0.05) is 29.8 Å². The summed E-state index contributed by atoms with van der Waals surface area (Å²) in [5.41, 5.74) is 1.96. The summed E-state index contributed by atoms with van der Waals surface area (Å²) in [6.07, 6.45) is 1.63. The van der Waals surface area contributed by atoms with Gasteiger partial charge in [0, 0.05) is 11.6 Å². The van der Waals surface area contributed by atoms with Gasteiger partial charge in [0.2, 0.25) is 5.76 Å². The number of hydrogen-bond donors (Lipinski definition) is 0. The molecule has 0 fully saturated rings. The first-order valence-electron chi connectivity index (χ1n) is 9.37. The molecule has 0 spiro atoms. The SMILES string of the molecule is C=CCN1C(=O)c2oc3cc(C)c(Cl)cc3c(=O)c2C1c1cccc(OCC)c1. The summed E-state index contributed by atoms with van der Waals surface area (Å²) in [7, 11) is 0. The molecule has 1 aliphatic rings. The van der Waals surface area contributed by atoms with Crippen molar-refractivity contribution < 1.29 is 13.9 Å². The van der Waals surface area contributed by atoms with E-state index in [2.05, 4.69) is 6.58 Å². The number of halogens is 1. The van der Waals surface area contributed by atoms with Crippen molar-refractivity contribution in [2.45, 2.75) is 19.9 Å². The number of ether oxygens (including phenoxy) is 1. The van der Waals surface area contributed by atoms with E-state index in [-0.39, 0.29) is 23.6 Å². The molecule has 1 aliphatic heterocycles. The number of rotatable bonds is 5. The zero-order valence-electron chi connectivity index (χ0n) is 16.2. The summed E-state index contributed by atoms with van der Waals surface area (Å²) in [5, 5.41) is 0.838. The number of carbonyl (C=O) groups excluding carboxylic acids is 1. The number of hydrogen-bond acceptors (Lipinski definition) is 4. The molecule has 0 bridgehead atoms. The summed E-state index contributed by atoms with van der Waals surface area (Å²) in [6.45, 7) is 8.27. The minimum atomic E-state index is -0.586. The number of amides is 1. The normalized spacial score (nSPS) is 15.6. The summed E-state index contributed by atoms with van der Waals surface area (Å²) in [6, 6.07) is 10.1. The fraction of sp³-hybridized carbons (Fsp3) is 0.217. The topological polar surface area (TPSA) is 59.8 Å². The van der Waals surface area contributed by atoms with E-state index >= 15 is 0 Å². The lowest BCUT2D eigenvalue weighted by atomic mass is 9.98. The van der Waals surface area contributed by atoms with Gasteiger partial charge in [-0.2, -0.15) is 0 Å². The monoisotopic (exact) mass is 409 g/mol. The van der Waals surface area contributed by atoms with Gasteiger partial charge in [-0.25, -0.2) is 0 Å². The lowest BCUT2D eigenvalue weighted by Crippen LogP contribution is -2.29. The highest BCUT2D eigenvalue weighted by Crippen LogP contribution is 2.39. The Kier molecular flexibility index (Phi) is 4.92. The molecule has 2 heterocycles. The van der Waals surface area contributed by atoms with E-state index in [0.717, 1.165) is 11.1 Å². The first-order chi connectivity index (χ1) is 14.0. The zero-order valence-corrected chi connectivity index (χ0v) is 17.0. The van der Waals surface area contributed by atoms with Crippen LogP contribution in [0.4, 0.5) is 0 Å². The molecule has 0 saturated heterocycles. The standard InChI is InChI=1S/C23H20ClNO4/c1-4-9-25-20(14-7-6-8-15(11-14)28-5-2)19-21(26)16-12-17(24)13(3)10-18(16)29-22(19)23(25)27/h4,6-8,10-12,20H,1,5,9H2,2-3H3. The predicted octanol–water partition coefficient (Wildman–Crippen LogP) is 4.88. The van der Waals surface area contributed by atoms with Crippen LogP contribution in [0.2, 0.25) is 5.02 Å². The maximum atomic E-state index is 13.4. The van der Waals surface area contributed by atoms with Gasteiger partial charge < -0.3 is 14.1 Å². The Hall–Kier alpha value is -3.05. The van der Waals surface area contributed by atoms with Crippen LogP contribution in [0, 0.1) is 6.92 Å². The number of fused-ring (bicyclic) bond motifs is 2.